The number of rotatable bonds is 12. The van der Waals surface area contributed by atoms with Crippen LogP contribution in [0.25, 0.3) is 0 Å². The molecule has 12 nitrogen and oxygen atoms in total. The van der Waals surface area contributed by atoms with E-state index in [1.54, 1.807) is 0 Å². The highest BCUT2D eigenvalue weighted by atomic mass is 35.5. The number of anilines is 1. The molecule has 1 aliphatic heterocycles. The Morgan fingerprint density at radius 3 is 2.19 bits per heavy atom. The van der Waals surface area contributed by atoms with E-state index in [0.29, 0.717) is 41.5 Å². The van der Waals surface area contributed by atoms with Crippen LogP contribution in [0.3, 0.4) is 0 Å². The third kappa shape index (κ3) is 14.2. The molecule has 43 heavy (non-hydrogen) atoms. The van der Waals surface area contributed by atoms with Crippen molar-refractivity contribution >= 4 is 59.5 Å². The minimum Gasteiger partial charge on any atom is -0.778 e. The van der Waals surface area contributed by atoms with Crippen molar-refractivity contribution in [3.63, 3.8) is 0 Å². The predicted octanol–water partition coefficient (Wildman–Crippen LogP) is 2.99. The summed E-state index contributed by atoms with van der Waals surface area (Å²) in [5.74, 6) is -3.58. The minimum atomic E-state index is -4.35. The van der Waals surface area contributed by atoms with Crippen molar-refractivity contribution < 1.29 is 52.5 Å². The number of nitrogens with one attached hydrogen (secondary N) is 1. The summed E-state index contributed by atoms with van der Waals surface area (Å²) in [5, 5.41) is 9.91. The highest BCUT2D eigenvalue weighted by Gasteiger charge is 2.41. The summed E-state index contributed by atoms with van der Waals surface area (Å²) < 4.78 is 34.9. The zero-order chi connectivity index (χ0) is 32.7. The van der Waals surface area contributed by atoms with Crippen LogP contribution < -0.4 is 19.8 Å². The van der Waals surface area contributed by atoms with E-state index in [2.05, 4.69) is 18.8 Å². The molecule has 0 saturated carbocycles. The van der Waals surface area contributed by atoms with Crippen LogP contribution in [0.15, 0.2) is 23.3 Å². The number of ether oxygens (including phenoxy) is 2. The average Bonchev–Trinajstić information content (AvgIpc) is 3.15. The van der Waals surface area contributed by atoms with Gasteiger partial charge in [-0.2, -0.15) is 0 Å². The first-order valence-corrected chi connectivity index (χ1v) is 18.0. The molecule has 0 spiro atoms. The number of amides is 2. The molecule has 1 aromatic rings. The predicted molar refractivity (Wildman–Crippen MR) is 161 cm³/mol. The molecule has 3 N–H and O–H groups in total. The number of hydrogen-bond acceptors (Lipinski definition) is 9. The van der Waals surface area contributed by atoms with Crippen molar-refractivity contribution in [3.05, 3.63) is 34.1 Å². The Morgan fingerprint density at radius 1 is 1.14 bits per heavy atom. The number of aliphatic carboxylic acids is 1. The third-order valence-electron chi connectivity index (χ3n) is 5.58. The van der Waals surface area contributed by atoms with E-state index in [-0.39, 0.29) is 16.5 Å². The lowest BCUT2D eigenvalue weighted by Gasteiger charge is -2.18. The van der Waals surface area contributed by atoms with Crippen LogP contribution in [-0.2, 0) is 39.4 Å². The molecule has 0 aromatic heterocycles. The Labute approximate surface area is 258 Å². The molecule has 0 saturated heterocycles. The lowest BCUT2D eigenvalue weighted by atomic mass is 9.93. The number of halogens is 2. The topological polar surface area (TPSA) is 183 Å². The molecule has 1 heterocycles. The van der Waals surface area contributed by atoms with Crippen LogP contribution in [-0.4, -0.2) is 78.6 Å². The second kappa shape index (κ2) is 19.0. The van der Waals surface area contributed by atoms with Gasteiger partial charge in [0.1, 0.15) is 19.2 Å². The van der Waals surface area contributed by atoms with Crippen LogP contribution in [0.5, 0.6) is 5.75 Å². The summed E-state index contributed by atoms with van der Waals surface area (Å²) in [6.45, 7) is 1.45. The number of nitrogens with zero attached hydrogens (tertiary/aromatic N) is 1. The molecule has 1 aliphatic carbocycles. The Bertz CT molecular complexity index is 1190. The Kier molecular flexibility index (Phi) is 17.1. The van der Waals surface area contributed by atoms with Crippen molar-refractivity contribution in [2.45, 2.75) is 51.9 Å². The smallest absolute Gasteiger partial charge is 0.344 e. The molecule has 1 unspecified atom stereocenters. The Balaban J connectivity index is 0.000000551. The van der Waals surface area contributed by atoms with E-state index in [0.717, 1.165) is 43.1 Å². The van der Waals surface area contributed by atoms with Gasteiger partial charge in [-0.1, -0.05) is 31.4 Å². The maximum Gasteiger partial charge on any atom is 0.344 e. The summed E-state index contributed by atoms with van der Waals surface area (Å²) in [7, 11) is -3.71. The molecule has 242 valence electrons. The van der Waals surface area contributed by atoms with Crippen molar-refractivity contribution in [3.8, 4) is 5.75 Å². The van der Waals surface area contributed by atoms with Gasteiger partial charge in [0.15, 0.2) is 6.61 Å². The number of carboxylic acids is 1. The molecule has 2 aliphatic rings. The van der Waals surface area contributed by atoms with Gasteiger partial charge >= 0.3 is 11.9 Å². The standard InChI is InChI=1S/C21H23ClFNO5.C3H8NO5P.C3H9S/c1-2-3-6-9-28-19(25)12-29-18-11-17(16(23)10-15(18)22)24-20(26)13-7-4-5-8-14(13)21(24)27;5-3(6)1-4-2-10(7,8)9;1-4(2)3/h10-11H,2-9,12H2,1H3;4H,1-2H2,(H,5,6)(H2,7,8,9);1-3H3/q;;+1/p-1. The van der Waals surface area contributed by atoms with E-state index in [1.807, 2.05) is 12.2 Å². The number of benzene rings is 1. The van der Waals surface area contributed by atoms with Crippen LogP contribution in [0, 0.1) is 5.82 Å². The number of carbonyl (C=O) groups is 4. The van der Waals surface area contributed by atoms with Gasteiger partial charge in [0.2, 0.25) is 0 Å². The van der Waals surface area contributed by atoms with Gasteiger partial charge in [-0.15, -0.1) is 0 Å². The fraction of sp³-hybridized carbons (Fsp3) is 0.556. The van der Waals surface area contributed by atoms with Gasteiger partial charge in [-0.05, 0) is 49.1 Å². The molecule has 16 heteroatoms. The maximum absolute atomic E-state index is 14.5. The van der Waals surface area contributed by atoms with Gasteiger partial charge in [-0.3, -0.25) is 19.7 Å². The highest BCUT2D eigenvalue weighted by molar-refractivity contribution is 7.94. The van der Waals surface area contributed by atoms with E-state index < -0.39 is 56.6 Å². The molecular weight excluding hydrogens is 630 g/mol. The van der Waals surface area contributed by atoms with Crippen molar-refractivity contribution in [1.82, 2.24) is 5.32 Å². The molecule has 0 fully saturated rings. The fourth-order valence-corrected chi connectivity index (χ4v) is 4.38. The van der Waals surface area contributed by atoms with E-state index >= 15 is 0 Å². The zero-order valence-corrected chi connectivity index (χ0v) is 27.1. The largest absolute Gasteiger partial charge is 0.778 e. The first kappa shape index (κ1) is 38.5. The van der Waals surface area contributed by atoms with Gasteiger partial charge < -0.3 is 28.9 Å². The summed E-state index contributed by atoms with van der Waals surface area (Å²) in [5.41, 5.74) is 0.674. The first-order chi connectivity index (χ1) is 20.1. The number of carboxylic acid groups (broad SMARTS) is 1. The SMILES string of the molecule is CCCCCOC(=O)COc1cc(N2C(=O)C3=C(CCCC3)C2=O)c(F)cc1Cl.C[S+](C)C.O=C(O)CNCP(=O)([O-])O. The van der Waals surface area contributed by atoms with Gasteiger partial charge in [0.25, 0.3) is 11.8 Å². The lowest BCUT2D eigenvalue weighted by Crippen LogP contribution is -2.32. The van der Waals surface area contributed by atoms with E-state index in [4.69, 9.17) is 31.1 Å². The molecular formula is C27H39ClFN2O10PS. The van der Waals surface area contributed by atoms with E-state index in [1.165, 1.54) is 6.07 Å². The Morgan fingerprint density at radius 2 is 1.70 bits per heavy atom. The van der Waals surface area contributed by atoms with Crippen LogP contribution in [0.4, 0.5) is 10.1 Å². The lowest BCUT2D eigenvalue weighted by molar-refractivity contribution is -0.193. The molecule has 0 radical (unpaired) electrons. The minimum absolute atomic E-state index is 0.000883. The normalized spacial score (nSPS) is 15.6. The molecule has 3 rings (SSSR count). The average molecular weight is 669 g/mol. The number of imide groups is 1. The maximum atomic E-state index is 14.5. The summed E-state index contributed by atoms with van der Waals surface area (Å²) in [6, 6.07) is 2.15. The zero-order valence-electron chi connectivity index (χ0n) is 24.7. The molecule has 0 bridgehead atoms. The highest BCUT2D eigenvalue weighted by Crippen LogP contribution is 2.39. The van der Waals surface area contributed by atoms with Gasteiger partial charge in [0, 0.05) is 17.2 Å². The number of unbranched alkanes of at least 4 members (excludes halogenated alkanes) is 2. The second-order valence-corrected chi connectivity index (χ2v) is 14.3. The number of esters is 1. The Hall–Kier alpha value is -2.48. The van der Waals surface area contributed by atoms with Crippen LogP contribution >= 0.6 is 19.2 Å². The quantitative estimate of drug-likeness (QED) is 0.0979. The first-order valence-electron chi connectivity index (χ1n) is 13.4. The third-order valence-corrected chi connectivity index (χ3v) is 6.50. The molecule has 1 atom stereocenters. The summed E-state index contributed by atoms with van der Waals surface area (Å²) in [6.07, 6.45) is 11.3. The molecule has 1 aromatic carbocycles. The van der Waals surface area contributed by atoms with E-state index in [9.17, 15) is 33.0 Å². The van der Waals surface area contributed by atoms with Gasteiger partial charge in [0.05, 0.1) is 48.9 Å². The van der Waals surface area contributed by atoms with Crippen LogP contribution in [0.1, 0.15) is 51.9 Å². The molecule has 2 amide bonds. The fourth-order valence-electron chi connectivity index (χ4n) is 3.78. The summed E-state index contributed by atoms with van der Waals surface area (Å²) in [4.78, 5) is 65.7. The van der Waals surface area contributed by atoms with Gasteiger partial charge in [-0.25, -0.2) is 14.1 Å². The van der Waals surface area contributed by atoms with Crippen LogP contribution in [0.2, 0.25) is 5.02 Å². The van der Waals surface area contributed by atoms with Crippen molar-refractivity contribution in [1.29, 1.82) is 0 Å². The number of carbonyl (C=O) groups excluding carboxylic acids is 3. The summed E-state index contributed by atoms with van der Waals surface area (Å²) >= 11 is 6.02. The van der Waals surface area contributed by atoms with Crippen molar-refractivity contribution in [2.75, 3.05) is 49.7 Å². The second-order valence-electron chi connectivity index (χ2n) is 9.90. The number of hydrogen-bond donors (Lipinski definition) is 3. The monoisotopic (exact) mass is 668 g/mol. The van der Waals surface area contributed by atoms with Crippen molar-refractivity contribution in [2.24, 2.45) is 0 Å².